The monoisotopic (exact) mass is 227 g/mol. The van der Waals surface area contributed by atoms with Gasteiger partial charge in [-0.1, -0.05) is 49.5 Å². The van der Waals surface area contributed by atoms with E-state index in [2.05, 4.69) is 36.2 Å². The Labute approximate surface area is 101 Å². The number of hydrogen-bond donors (Lipinski definition) is 0. The Balaban J connectivity index is 2.28. The smallest absolute Gasteiger partial charge is 0.0816 e. The molecule has 0 aliphatic heterocycles. The maximum absolute atomic E-state index is 5.40. The molecule has 0 saturated carbocycles. The number of hydrogen-bond acceptors (Lipinski definition) is 2. The summed E-state index contributed by atoms with van der Waals surface area (Å²) in [4.78, 5) is 5.06. The molecule has 1 nitrogen and oxygen atoms in total. The van der Waals surface area contributed by atoms with Gasteiger partial charge in [-0.25, -0.2) is 0 Å². The van der Waals surface area contributed by atoms with Crippen molar-refractivity contribution in [2.24, 2.45) is 0 Å². The standard InChI is InChI=1S/C14H13NS/c1-2-11-6-8-12(9-7-11)14(16)13-5-3-4-10-15-13/h3-10H,2H2,1H3. The van der Waals surface area contributed by atoms with Gasteiger partial charge in [0.25, 0.3) is 0 Å². The van der Waals surface area contributed by atoms with Gasteiger partial charge in [0.15, 0.2) is 0 Å². The second-order valence-electron chi connectivity index (χ2n) is 3.59. The molecule has 0 N–H and O–H groups in total. The summed E-state index contributed by atoms with van der Waals surface area (Å²) in [6.07, 6.45) is 2.82. The fraction of sp³-hybridized carbons (Fsp3) is 0.143. The van der Waals surface area contributed by atoms with E-state index in [1.165, 1.54) is 5.56 Å². The Morgan fingerprint density at radius 3 is 2.44 bits per heavy atom. The van der Waals surface area contributed by atoms with Gasteiger partial charge in [-0.15, -0.1) is 0 Å². The van der Waals surface area contributed by atoms with Crippen LogP contribution < -0.4 is 0 Å². The molecule has 0 amide bonds. The highest BCUT2D eigenvalue weighted by molar-refractivity contribution is 7.81. The molecule has 0 aliphatic carbocycles. The summed E-state index contributed by atoms with van der Waals surface area (Å²) in [6.45, 7) is 2.14. The first-order valence-electron chi connectivity index (χ1n) is 5.36. The molecule has 2 rings (SSSR count). The first-order chi connectivity index (χ1) is 7.81. The molecule has 2 heteroatoms. The summed E-state index contributed by atoms with van der Waals surface area (Å²) in [5, 5.41) is 0. The summed E-state index contributed by atoms with van der Waals surface area (Å²) < 4.78 is 0. The fourth-order valence-corrected chi connectivity index (χ4v) is 1.79. The molecule has 0 spiro atoms. The Morgan fingerprint density at radius 2 is 1.88 bits per heavy atom. The SMILES string of the molecule is CCc1ccc(C(=S)c2ccccn2)cc1. The van der Waals surface area contributed by atoms with Gasteiger partial charge in [0.2, 0.25) is 0 Å². The van der Waals surface area contributed by atoms with Crippen LogP contribution in [-0.2, 0) is 6.42 Å². The molecule has 0 saturated heterocycles. The van der Waals surface area contributed by atoms with Gasteiger partial charge in [0, 0.05) is 6.20 Å². The van der Waals surface area contributed by atoms with E-state index in [0.717, 1.165) is 22.5 Å². The van der Waals surface area contributed by atoms with Crippen LogP contribution in [0.5, 0.6) is 0 Å². The molecule has 80 valence electrons. The van der Waals surface area contributed by atoms with Crippen molar-refractivity contribution in [3.8, 4) is 0 Å². The Morgan fingerprint density at radius 1 is 1.12 bits per heavy atom. The van der Waals surface area contributed by atoms with E-state index < -0.39 is 0 Å². The van der Waals surface area contributed by atoms with Gasteiger partial charge in [0.1, 0.15) is 0 Å². The van der Waals surface area contributed by atoms with Crippen LogP contribution in [0.25, 0.3) is 0 Å². The van der Waals surface area contributed by atoms with Crippen molar-refractivity contribution in [1.29, 1.82) is 0 Å². The number of pyridine rings is 1. The van der Waals surface area contributed by atoms with Crippen LogP contribution in [-0.4, -0.2) is 9.85 Å². The predicted octanol–water partition coefficient (Wildman–Crippen LogP) is 3.41. The van der Waals surface area contributed by atoms with Crippen molar-refractivity contribution < 1.29 is 0 Å². The quantitative estimate of drug-likeness (QED) is 0.588. The number of rotatable bonds is 3. The largest absolute Gasteiger partial charge is 0.255 e. The Kier molecular flexibility index (Phi) is 3.42. The summed E-state index contributed by atoms with van der Waals surface area (Å²) in [7, 11) is 0. The number of benzene rings is 1. The van der Waals surface area contributed by atoms with Gasteiger partial charge in [-0.05, 0) is 29.7 Å². The highest BCUT2D eigenvalue weighted by atomic mass is 32.1. The van der Waals surface area contributed by atoms with Gasteiger partial charge in [-0.2, -0.15) is 0 Å². The second kappa shape index (κ2) is 4.99. The molecule has 2 aromatic rings. The van der Waals surface area contributed by atoms with Crippen LogP contribution in [0, 0.1) is 0 Å². The third-order valence-corrected chi connectivity index (χ3v) is 2.97. The molecule has 0 bridgehead atoms. The lowest BCUT2D eigenvalue weighted by molar-refractivity contribution is 1.14. The fourth-order valence-electron chi connectivity index (χ4n) is 1.54. The van der Waals surface area contributed by atoms with E-state index >= 15 is 0 Å². The van der Waals surface area contributed by atoms with Gasteiger partial charge in [-0.3, -0.25) is 4.98 Å². The number of aryl methyl sites for hydroxylation is 1. The molecule has 1 heterocycles. The molecule has 1 aromatic carbocycles. The zero-order valence-corrected chi connectivity index (χ0v) is 10.00. The minimum Gasteiger partial charge on any atom is -0.255 e. The van der Waals surface area contributed by atoms with Crippen molar-refractivity contribution >= 4 is 17.1 Å². The summed E-state index contributed by atoms with van der Waals surface area (Å²) in [5.41, 5.74) is 3.25. The van der Waals surface area contributed by atoms with Crippen molar-refractivity contribution in [3.63, 3.8) is 0 Å². The highest BCUT2D eigenvalue weighted by Crippen LogP contribution is 2.10. The van der Waals surface area contributed by atoms with Crippen LogP contribution in [0.4, 0.5) is 0 Å². The molecule has 0 unspecified atom stereocenters. The zero-order valence-electron chi connectivity index (χ0n) is 9.18. The van der Waals surface area contributed by atoms with Gasteiger partial charge < -0.3 is 0 Å². The van der Waals surface area contributed by atoms with E-state index in [-0.39, 0.29) is 0 Å². The predicted molar refractivity (Wildman–Crippen MR) is 70.9 cm³/mol. The summed E-state index contributed by atoms with van der Waals surface area (Å²) in [5.74, 6) is 0. The molecule has 1 aromatic heterocycles. The first-order valence-corrected chi connectivity index (χ1v) is 5.76. The van der Waals surface area contributed by atoms with E-state index in [1.54, 1.807) is 6.20 Å². The van der Waals surface area contributed by atoms with Crippen LogP contribution >= 0.6 is 12.2 Å². The van der Waals surface area contributed by atoms with Crippen molar-refractivity contribution in [1.82, 2.24) is 4.98 Å². The Bertz CT molecular complexity index is 474. The average Bonchev–Trinajstić information content (AvgIpc) is 2.39. The van der Waals surface area contributed by atoms with Crippen LogP contribution in [0.3, 0.4) is 0 Å². The third kappa shape index (κ3) is 2.34. The van der Waals surface area contributed by atoms with Crippen LogP contribution in [0.1, 0.15) is 23.7 Å². The minimum atomic E-state index is 0.809. The molecule has 0 aliphatic rings. The third-order valence-electron chi connectivity index (χ3n) is 2.52. The normalized spacial score (nSPS) is 10.1. The lowest BCUT2D eigenvalue weighted by Gasteiger charge is -2.04. The van der Waals surface area contributed by atoms with Crippen molar-refractivity contribution in [2.45, 2.75) is 13.3 Å². The first kappa shape index (κ1) is 11.0. The van der Waals surface area contributed by atoms with Gasteiger partial charge in [0.05, 0.1) is 10.6 Å². The summed E-state index contributed by atoms with van der Waals surface area (Å²) >= 11 is 5.40. The van der Waals surface area contributed by atoms with Crippen molar-refractivity contribution in [3.05, 3.63) is 65.5 Å². The van der Waals surface area contributed by atoms with Crippen LogP contribution in [0.15, 0.2) is 48.7 Å². The molecular weight excluding hydrogens is 214 g/mol. The van der Waals surface area contributed by atoms with E-state index in [0.29, 0.717) is 0 Å². The van der Waals surface area contributed by atoms with E-state index in [4.69, 9.17) is 12.2 Å². The summed E-state index contributed by atoms with van der Waals surface area (Å²) in [6, 6.07) is 14.2. The minimum absolute atomic E-state index is 0.809. The average molecular weight is 227 g/mol. The van der Waals surface area contributed by atoms with E-state index in [1.807, 2.05) is 18.2 Å². The number of thiocarbonyl (C=S) groups is 1. The molecule has 16 heavy (non-hydrogen) atoms. The Hall–Kier alpha value is -1.54. The molecular formula is C14H13NS. The van der Waals surface area contributed by atoms with Gasteiger partial charge >= 0.3 is 0 Å². The lowest BCUT2D eigenvalue weighted by atomic mass is 10.1. The lowest BCUT2D eigenvalue weighted by Crippen LogP contribution is -2.01. The van der Waals surface area contributed by atoms with E-state index in [9.17, 15) is 0 Å². The van der Waals surface area contributed by atoms with Crippen LogP contribution in [0.2, 0.25) is 0 Å². The zero-order chi connectivity index (χ0) is 11.4. The van der Waals surface area contributed by atoms with Crippen molar-refractivity contribution in [2.75, 3.05) is 0 Å². The highest BCUT2D eigenvalue weighted by Gasteiger charge is 2.04. The number of nitrogens with zero attached hydrogens (tertiary/aromatic N) is 1. The maximum atomic E-state index is 5.40. The topological polar surface area (TPSA) is 12.9 Å². The number of aromatic nitrogens is 1. The molecule has 0 atom stereocenters. The molecule has 0 fully saturated rings. The maximum Gasteiger partial charge on any atom is 0.0816 e. The molecule has 0 radical (unpaired) electrons. The second-order valence-corrected chi connectivity index (χ2v) is 4.00.